The van der Waals surface area contributed by atoms with Gasteiger partial charge >= 0.3 is 37.7 Å². The van der Waals surface area contributed by atoms with Gasteiger partial charge in [-0.3, -0.25) is 0 Å². The Labute approximate surface area is 61.6 Å². The van der Waals surface area contributed by atoms with E-state index < -0.39 is 0 Å². The van der Waals surface area contributed by atoms with Crippen molar-refractivity contribution >= 4 is 51.2 Å². The van der Waals surface area contributed by atoms with Crippen LogP contribution in [0.4, 0.5) is 0 Å². The molecule has 0 saturated carbocycles. The van der Waals surface area contributed by atoms with E-state index in [0.717, 1.165) is 0 Å². The summed E-state index contributed by atoms with van der Waals surface area (Å²) < 4.78 is 0. The molecular formula is H4CaO2S. The van der Waals surface area contributed by atoms with Gasteiger partial charge in [0.1, 0.15) is 0 Å². The molecule has 0 saturated heterocycles. The summed E-state index contributed by atoms with van der Waals surface area (Å²) in [5.41, 5.74) is 0. The van der Waals surface area contributed by atoms with E-state index in [9.17, 15) is 0 Å². The molecule has 0 aliphatic rings. The molecule has 0 unspecified atom stereocenters. The molecule has 4 heteroatoms. The minimum absolute atomic E-state index is 0. The van der Waals surface area contributed by atoms with E-state index in [2.05, 4.69) is 0 Å². The largest absolute Gasteiger partial charge is 2.00 e. The molecule has 0 atom stereocenters. The second kappa shape index (κ2) is 24.1. The van der Waals surface area contributed by atoms with Crippen LogP contribution < -0.4 is 0 Å². The van der Waals surface area contributed by atoms with Crippen molar-refractivity contribution in [2.45, 2.75) is 0 Å². The Morgan fingerprint density at radius 2 is 0.750 bits per heavy atom. The Kier molecular flexibility index (Phi) is 292. The minimum atomic E-state index is 0. The Hall–Kier alpha value is 1.53. The van der Waals surface area contributed by atoms with E-state index in [1.54, 1.807) is 0 Å². The molecule has 0 aromatic carbocycles. The van der Waals surface area contributed by atoms with Crippen molar-refractivity contribution < 1.29 is 11.0 Å². The SMILES string of the molecule is S.[Ca+2].[OH-].[OH-]. The third kappa shape index (κ3) is 9.65. The monoisotopic (exact) mass is 108 g/mol. The van der Waals surface area contributed by atoms with Crippen LogP contribution in [0, 0.1) is 0 Å². The quantitative estimate of drug-likeness (QED) is 0.388. The van der Waals surface area contributed by atoms with E-state index in [0.29, 0.717) is 0 Å². The molecule has 0 aromatic rings. The van der Waals surface area contributed by atoms with Gasteiger partial charge in [0.05, 0.1) is 0 Å². The van der Waals surface area contributed by atoms with Gasteiger partial charge in [-0.05, 0) is 0 Å². The normalized spacial score (nSPS) is 0. The molecular weight excluding hydrogens is 104 g/mol. The maximum absolute atomic E-state index is 0. The first kappa shape index (κ1) is 48.5. The second-order valence-corrected chi connectivity index (χ2v) is 0. The van der Waals surface area contributed by atoms with E-state index in [-0.39, 0.29) is 62.2 Å². The van der Waals surface area contributed by atoms with Crippen molar-refractivity contribution in [3.8, 4) is 0 Å². The summed E-state index contributed by atoms with van der Waals surface area (Å²) in [6.45, 7) is 0. The van der Waals surface area contributed by atoms with Crippen molar-refractivity contribution in [1.82, 2.24) is 0 Å². The zero-order valence-corrected chi connectivity index (χ0v) is 5.31. The number of hydrogen-bond acceptors (Lipinski definition) is 2. The zero-order chi connectivity index (χ0) is 0. The molecule has 0 heterocycles. The molecule has 0 aromatic heterocycles. The average molecular weight is 108 g/mol. The summed E-state index contributed by atoms with van der Waals surface area (Å²) in [6, 6.07) is 0. The molecule has 4 heavy (non-hydrogen) atoms. The third-order valence-corrected chi connectivity index (χ3v) is 0. The van der Waals surface area contributed by atoms with Crippen LogP contribution in [0.3, 0.4) is 0 Å². The van der Waals surface area contributed by atoms with Crippen molar-refractivity contribution in [3.05, 3.63) is 0 Å². The van der Waals surface area contributed by atoms with Gasteiger partial charge in [0.15, 0.2) is 0 Å². The Bertz CT molecular complexity index is 6.00. The first-order chi connectivity index (χ1) is 0. The summed E-state index contributed by atoms with van der Waals surface area (Å²) in [5, 5.41) is 0. The van der Waals surface area contributed by atoms with Crippen molar-refractivity contribution in [1.29, 1.82) is 0 Å². The molecule has 0 radical (unpaired) electrons. The smallest absolute Gasteiger partial charge is 0.870 e. The van der Waals surface area contributed by atoms with Gasteiger partial charge in [-0.2, -0.15) is 13.5 Å². The van der Waals surface area contributed by atoms with Crippen LogP contribution in [-0.2, 0) is 0 Å². The molecule has 2 nitrogen and oxygen atoms in total. The summed E-state index contributed by atoms with van der Waals surface area (Å²) in [5.74, 6) is 0. The summed E-state index contributed by atoms with van der Waals surface area (Å²) >= 11 is 0. The predicted molar refractivity (Wildman–Crippen MR) is 20.0 cm³/mol. The maximum atomic E-state index is 0. The van der Waals surface area contributed by atoms with Gasteiger partial charge in [-0.15, -0.1) is 0 Å². The van der Waals surface area contributed by atoms with Crippen LogP contribution in [0.15, 0.2) is 0 Å². The molecule has 0 aliphatic heterocycles. The summed E-state index contributed by atoms with van der Waals surface area (Å²) in [4.78, 5) is 0. The predicted octanol–water partition coefficient (Wildman–Crippen LogP) is -0.622. The van der Waals surface area contributed by atoms with Crippen molar-refractivity contribution in [2.75, 3.05) is 0 Å². The molecule has 0 spiro atoms. The molecule has 0 amide bonds. The molecule has 0 fully saturated rings. The first-order valence-corrected chi connectivity index (χ1v) is 0. The van der Waals surface area contributed by atoms with Crippen LogP contribution in [-0.4, -0.2) is 48.7 Å². The average Bonchev–Trinajstić information content (AvgIpc) is 0. The maximum Gasteiger partial charge on any atom is 2.00 e. The topological polar surface area (TPSA) is 60.0 Å². The fourth-order valence-electron chi connectivity index (χ4n) is 0. The zero-order valence-electron chi connectivity index (χ0n) is 2.10. The summed E-state index contributed by atoms with van der Waals surface area (Å²) in [7, 11) is 0. The van der Waals surface area contributed by atoms with Gasteiger partial charge in [0.2, 0.25) is 0 Å². The van der Waals surface area contributed by atoms with E-state index in [1.807, 2.05) is 0 Å². The van der Waals surface area contributed by atoms with Crippen LogP contribution in [0.25, 0.3) is 0 Å². The minimum Gasteiger partial charge on any atom is -0.870 e. The Morgan fingerprint density at radius 3 is 0.750 bits per heavy atom. The van der Waals surface area contributed by atoms with Gasteiger partial charge in [0, 0.05) is 0 Å². The van der Waals surface area contributed by atoms with Crippen LogP contribution in [0.2, 0.25) is 0 Å². The molecule has 0 aliphatic carbocycles. The second-order valence-electron chi connectivity index (χ2n) is 0. The van der Waals surface area contributed by atoms with E-state index in [1.165, 1.54) is 0 Å². The van der Waals surface area contributed by atoms with E-state index in [4.69, 9.17) is 0 Å². The molecule has 2 N–H and O–H groups in total. The number of hydrogen-bond donors (Lipinski definition) is 0. The first-order valence-electron chi connectivity index (χ1n) is 0. The summed E-state index contributed by atoms with van der Waals surface area (Å²) in [6.07, 6.45) is 0. The van der Waals surface area contributed by atoms with E-state index >= 15 is 0 Å². The molecule has 0 bridgehead atoms. The van der Waals surface area contributed by atoms with Crippen LogP contribution in [0.1, 0.15) is 0 Å². The molecule has 24 valence electrons. The van der Waals surface area contributed by atoms with Crippen molar-refractivity contribution in [3.63, 3.8) is 0 Å². The fraction of sp³-hybridized carbons (Fsp3) is 0. The number of rotatable bonds is 0. The van der Waals surface area contributed by atoms with Gasteiger partial charge in [0.25, 0.3) is 0 Å². The van der Waals surface area contributed by atoms with Crippen molar-refractivity contribution in [2.24, 2.45) is 0 Å². The third-order valence-electron chi connectivity index (χ3n) is 0. The fourth-order valence-corrected chi connectivity index (χ4v) is 0. The van der Waals surface area contributed by atoms with Gasteiger partial charge < -0.3 is 11.0 Å². The van der Waals surface area contributed by atoms with Gasteiger partial charge in [-0.25, -0.2) is 0 Å². The Morgan fingerprint density at radius 1 is 0.750 bits per heavy atom. The molecule has 0 rings (SSSR count). The standard InChI is InChI=1S/Ca.2H2O.H2S/h;3*1H2/q+2;;;/p-2. The van der Waals surface area contributed by atoms with Gasteiger partial charge in [-0.1, -0.05) is 0 Å². The van der Waals surface area contributed by atoms with Crippen LogP contribution in [0.5, 0.6) is 0 Å². The Balaban J connectivity index is 0. The van der Waals surface area contributed by atoms with Crippen LogP contribution >= 0.6 is 13.5 Å².